The molecule has 0 saturated carbocycles. The number of hydrogen-bond acceptors (Lipinski definition) is 1. The molecule has 0 bridgehead atoms. The van der Waals surface area contributed by atoms with Crippen LogP contribution in [0.5, 0.6) is 0 Å². The minimum absolute atomic E-state index is 0.660. The first-order valence-corrected chi connectivity index (χ1v) is 9.96. The summed E-state index contributed by atoms with van der Waals surface area (Å²) in [6.07, 6.45) is -0.639. The molecule has 0 spiro atoms. The van der Waals surface area contributed by atoms with Crippen LogP contribution in [0.4, 0.5) is 18.9 Å². The Morgan fingerprint density at radius 1 is 0.871 bits per heavy atom. The van der Waals surface area contributed by atoms with Crippen LogP contribution in [0.3, 0.4) is 0 Å². The summed E-state index contributed by atoms with van der Waals surface area (Å²) in [5.74, 6) is 0. The number of aromatic nitrogens is 1. The molecule has 5 heteroatoms. The van der Waals surface area contributed by atoms with Crippen LogP contribution in [0, 0.1) is 13.8 Å². The molecule has 1 N–H and O–H groups in total. The lowest BCUT2D eigenvalue weighted by Gasteiger charge is -2.14. The van der Waals surface area contributed by atoms with Gasteiger partial charge in [-0.05, 0) is 55.8 Å². The highest BCUT2D eigenvalue weighted by molar-refractivity contribution is 6.27. The fraction of sp³-hybridized carbons (Fsp3) is 0.115. The molecule has 0 saturated heterocycles. The Morgan fingerprint density at radius 2 is 1.58 bits per heavy atom. The number of alkyl halides is 3. The summed E-state index contributed by atoms with van der Waals surface area (Å²) < 4.78 is 39.5. The van der Waals surface area contributed by atoms with Crippen LogP contribution in [0.15, 0.2) is 71.9 Å². The maximum atomic E-state index is 13.2. The molecule has 0 unspecified atom stereocenters. The topological polar surface area (TPSA) is 28.1 Å². The van der Waals surface area contributed by atoms with Gasteiger partial charge in [0.2, 0.25) is 0 Å². The van der Waals surface area contributed by atoms with E-state index < -0.39 is 11.7 Å². The first kappa shape index (κ1) is 19.4. The lowest BCUT2D eigenvalue weighted by atomic mass is 9.89. The number of aromatic amines is 1. The molecular weight excluding hydrogens is 397 g/mol. The molecule has 0 aliphatic carbocycles. The Labute approximate surface area is 177 Å². The number of hydrogen-bond donors (Lipinski definition) is 1. The molecule has 1 aliphatic heterocycles. The largest absolute Gasteiger partial charge is 0.416 e. The summed E-state index contributed by atoms with van der Waals surface area (Å²) in [7, 11) is 0. The quantitative estimate of drug-likeness (QED) is 0.351. The SMILES string of the molecule is Cc1ccc2c(c1)/C(=C(\c1ccc(C(F)(F)F)cc1)c1c[nH]c3ccc(C)cc13)C=N2. The van der Waals surface area contributed by atoms with Crippen molar-refractivity contribution >= 4 is 34.0 Å². The standard InChI is InChI=1S/C26H19F3N2/c1-15-3-9-23-19(11-15)21(13-30-23)25(17-5-7-18(8-6-17)26(27,28)29)22-14-31-24-10-4-16(2)12-20(22)24/h3-14,30H,1-2H3/b25-22+. The second kappa shape index (κ2) is 6.98. The van der Waals surface area contributed by atoms with E-state index in [1.807, 2.05) is 50.5 Å². The third-order valence-electron chi connectivity index (χ3n) is 5.65. The van der Waals surface area contributed by atoms with Crippen molar-refractivity contribution in [3.63, 3.8) is 0 Å². The predicted molar refractivity (Wildman–Crippen MR) is 120 cm³/mol. The number of aryl methyl sites for hydroxylation is 2. The predicted octanol–water partition coefficient (Wildman–Crippen LogP) is 7.48. The van der Waals surface area contributed by atoms with Crippen LogP contribution in [0.25, 0.3) is 22.0 Å². The van der Waals surface area contributed by atoms with Gasteiger partial charge in [0.15, 0.2) is 0 Å². The summed E-state index contributed by atoms with van der Waals surface area (Å²) in [5.41, 5.74) is 7.79. The second-order valence-electron chi connectivity index (χ2n) is 7.89. The first-order chi connectivity index (χ1) is 14.8. The Balaban J connectivity index is 1.80. The zero-order chi connectivity index (χ0) is 21.8. The van der Waals surface area contributed by atoms with Crippen LogP contribution in [-0.2, 0) is 6.18 Å². The van der Waals surface area contributed by atoms with E-state index in [-0.39, 0.29) is 0 Å². The first-order valence-electron chi connectivity index (χ1n) is 9.96. The monoisotopic (exact) mass is 416 g/mol. The highest BCUT2D eigenvalue weighted by Crippen LogP contribution is 2.42. The summed E-state index contributed by atoms with van der Waals surface area (Å²) in [4.78, 5) is 7.86. The lowest BCUT2D eigenvalue weighted by Crippen LogP contribution is -2.04. The van der Waals surface area contributed by atoms with Gasteiger partial charge in [-0.2, -0.15) is 13.2 Å². The molecule has 0 fully saturated rings. The van der Waals surface area contributed by atoms with Gasteiger partial charge in [-0.25, -0.2) is 0 Å². The van der Waals surface area contributed by atoms with E-state index in [0.717, 1.165) is 62.1 Å². The summed E-state index contributed by atoms with van der Waals surface area (Å²) >= 11 is 0. The third kappa shape index (κ3) is 3.36. The number of rotatable bonds is 2. The van der Waals surface area contributed by atoms with Crippen molar-refractivity contribution in [3.8, 4) is 0 Å². The zero-order valence-electron chi connectivity index (χ0n) is 17.0. The highest BCUT2D eigenvalue weighted by atomic mass is 19.4. The van der Waals surface area contributed by atoms with Gasteiger partial charge in [-0.1, -0.05) is 35.4 Å². The molecule has 0 atom stereocenters. The highest BCUT2D eigenvalue weighted by Gasteiger charge is 2.30. The van der Waals surface area contributed by atoms with E-state index in [1.54, 1.807) is 12.1 Å². The molecule has 0 radical (unpaired) electrons. The molecule has 3 aromatic carbocycles. The van der Waals surface area contributed by atoms with Crippen molar-refractivity contribution in [3.05, 3.63) is 100 Å². The van der Waals surface area contributed by atoms with Gasteiger partial charge in [0.1, 0.15) is 0 Å². The molecular formula is C26H19F3N2. The van der Waals surface area contributed by atoms with Crippen LogP contribution in [-0.4, -0.2) is 11.2 Å². The molecule has 5 rings (SSSR count). The second-order valence-corrected chi connectivity index (χ2v) is 7.89. The van der Waals surface area contributed by atoms with Gasteiger partial charge in [0.05, 0.1) is 11.3 Å². The molecule has 154 valence electrons. The van der Waals surface area contributed by atoms with Gasteiger partial charge in [-0.15, -0.1) is 0 Å². The molecule has 1 aromatic heterocycles. The average molecular weight is 416 g/mol. The van der Waals surface area contributed by atoms with Crippen molar-refractivity contribution in [2.45, 2.75) is 20.0 Å². The van der Waals surface area contributed by atoms with E-state index >= 15 is 0 Å². The smallest absolute Gasteiger partial charge is 0.361 e. The number of allylic oxidation sites excluding steroid dienone is 1. The molecule has 2 heterocycles. The van der Waals surface area contributed by atoms with E-state index in [2.05, 4.69) is 22.1 Å². The van der Waals surface area contributed by atoms with Crippen molar-refractivity contribution in [1.82, 2.24) is 4.98 Å². The fourth-order valence-corrected chi connectivity index (χ4v) is 4.10. The number of H-pyrrole nitrogens is 1. The number of fused-ring (bicyclic) bond motifs is 2. The van der Waals surface area contributed by atoms with Crippen molar-refractivity contribution in [2.24, 2.45) is 4.99 Å². The fourth-order valence-electron chi connectivity index (χ4n) is 4.10. The van der Waals surface area contributed by atoms with Gasteiger partial charge >= 0.3 is 6.18 Å². The maximum absolute atomic E-state index is 13.2. The zero-order valence-corrected chi connectivity index (χ0v) is 17.0. The third-order valence-corrected chi connectivity index (χ3v) is 5.65. The number of benzene rings is 3. The van der Waals surface area contributed by atoms with Gasteiger partial charge < -0.3 is 4.98 Å². The van der Waals surface area contributed by atoms with E-state index in [1.165, 1.54) is 0 Å². The van der Waals surface area contributed by atoms with E-state index in [4.69, 9.17) is 0 Å². The lowest BCUT2D eigenvalue weighted by molar-refractivity contribution is -0.137. The Hall–Kier alpha value is -3.60. The Kier molecular flexibility index (Phi) is 4.36. The molecule has 0 amide bonds. The number of halogens is 3. The Morgan fingerprint density at radius 3 is 2.32 bits per heavy atom. The van der Waals surface area contributed by atoms with Crippen LogP contribution >= 0.6 is 0 Å². The summed E-state index contributed by atoms with van der Waals surface area (Å²) in [6, 6.07) is 17.6. The molecule has 1 aliphatic rings. The van der Waals surface area contributed by atoms with Crippen LogP contribution in [0.2, 0.25) is 0 Å². The summed E-state index contributed by atoms with van der Waals surface area (Å²) in [6.45, 7) is 4.04. The van der Waals surface area contributed by atoms with Crippen molar-refractivity contribution in [2.75, 3.05) is 0 Å². The van der Waals surface area contributed by atoms with Crippen LogP contribution in [0.1, 0.15) is 33.4 Å². The molecule has 2 nitrogen and oxygen atoms in total. The van der Waals surface area contributed by atoms with Crippen LogP contribution < -0.4 is 0 Å². The molecule has 4 aromatic rings. The minimum atomic E-state index is -4.37. The van der Waals surface area contributed by atoms with Gasteiger partial charge in [-0.3, -0.25) is 4.99 Å². The number of nitrogens with one attached hydrogen (secondary N) is 1. The van der Waals surface area contributed by atoms with Crippen molar-refractivity contribution < 1.29 is 13.2 Å². The molecule has 31 heavy (non-hydrogen) atoms. The minimum Gasteiger partial charge on any atom is -0.361 e. The van der Waals surface area contributed by atoms with Gasteiger partial charge in [0.25, 0.3) is 0 Å². The maximum Gasteiger partial charge on any atom is 0.416 e. The average Bonchev–Trinajstić information content (AvgIpc) is 3.33. The van der Waals surface area contributed by atoms with Crippen molar-refractivity contribution in [1.29, 1.82) is 0 Å². The van der Waals surface area contributed by atoms with E-state index in [9.17, 15) is 13.2 Å². The van der Waals surface area contributed by atoms with Gasteiger partial charge in [0, 0.05) is 45.6 Å². The summed E-state index contributed by atoms with van der Waals surface area (Å²) in [5, 5.41) is 1.02. The normalized spacial score (nSPS) is 14.9. The number of nitrogens with zero attached hydrogens (tertiary/aromatic N) is 1. The Bertz CT molecular complexity index is 1370. The van der Waals surface area contributed by atoms with E-state index in [0.29, 0.717) is 5.56 Å². The number of aliphatic imine (C=N–C) groups is 1.